The Balaban J connectivity index is 1.54. The van der Waals surface area contributed by atoms with Gasteiger partial charge in [-0.1, -0.05) is 18.2 Å². The molecule has 0 bridgehead atoms. The number of hydrogen-bond donors (Lipinski definition) is 1. The summed E-state index contributed by atoms with van der Waals surface area (Å²) < 4.78 is 18.2. The van der Waals surface area contributed by atoms with Crippen LogP contribution in [0.25, 0.3) is 26.1 Å². The van der Waals surface area contributed by atoms with Crippen molar-refractivity contribution in [3.8, 4) is 0 Å². The highest BCUT2D eigenvalue weighted by Gasteiger charge is 2.25. The molecule has 1 amide bonds. The molecule has 10 heteroatoms. The maximum atomic E-state index is 15.5. The second-order valence-corrected chi connectivity index (χ2v) is 10.3. The summed E-state index contributed by atoms with van der Waals surface area (Å²) >= 11 is 1.35. The highest BCUT2D eigenvalue weighted by Crippen LogP contribution is 2.32. The van der Waals surface area contributed by atoms with Gasteiger partial charge in [0.05, 0.1) is 27.8 Å². The molecule has 1 aliphatic rings. The molecule has 0 atom stereocenters. The number of aromatic nitrogens is 3. The molecule has 0 spiro atoms. The molecule has 8 nitrogen and oxygen atoms in total. The highest BCUT2D eigenvalue weighted by molar-refractivity contribution is 7.24. The largest absolute Gasteiger partial charge is 0.353 e. The first-order valence-corrected chi connectivity index (χ1v) is 13.0. The molecule has 0 saturated carbocycles. The van der Waals surface area contributed by atoms with Gasteiger partial charge in [0.15, 0.2) is 17.3 Å². The summed E-state index contributed by atoms with van der Waals surface area (Å²) in [7, 11) is 2.05. The highest BCUT2D eigenvalue weighted by atomic mass is 32.1. The van der Waals surface area contributed by atoms with Crippen LogP contribution in [0.2, 0.25) is 0 Å². The number of carbonyl (C=O) groups excluding carboxylic acids is 1. The van der Waals surface area contributed by atoms with Crippen molar-refractivity contribution >= 4 is 49.1 Å². The molecule has 37 heavy (non-hydrogen) atoms. The van der Waals surface area contributed by atoms with Crippen LogP contribution in [0.3, 0.4) is 0 Å². The van der Waals surface area contributed by atoms with E-state index >= 15 is 4.39 Å². The van der Waals surface area contributed by atoms with Crippen molar-refractivity contribution in [3.05, 3.63) is 82.0 Å². The van der Waals surface area contributed by atoms with E-state index in [4.69, 9.17) is 4.98 Å². The minimum atomic E-state index is -0.562. The SMILES string of the molecule is CN1CCCN(c2nc3c(cc2F)c(=O)c(C(=O)NCc2ccccn2)c2sc4ccccc4n23)CC1. The van der Waals surface area contributed by atoms with E-state index in [0.29, 0.717) is 29.3 Å². The maximum Gasteiger partial charge on any atom is 0.258 e. The third kappa shape index (κ3) is 4.21. The number of pyridine rings is 3. The number of nitrogens with zero attached hydrogens (tertiary/aromatic N) is 5. The van der Waals surface area contributed by atoms with Gasteiger partial charge in [0, 0.05) is 25.8 Å². The summed E-state index contributed by atoms with van der Waals surface area (Å²) in [5, 5.41) is 2.89. The van der Waals surface area contributed by atoms with Crippen LogP contribution in [0, 0.1) is 5.82 Å². The van der Waals surface area contributed by atoms with Crippen LogP contribution in [0.5, 0.6) is 0 Å². The van der Waals surface area contributed by atoms with Gasteiger partial charge in [0.25, 0.3) is 5.91 Å². The number of amides is 1. The molecular formula is C27H25FN6O2S. The number of thiazole rings is 1. The number of anilines is 1. The Bertz CT molecular complexity index is 1700. The van der Waals surface area contributed by atoms with Gasteiger partial charge >= 0.3 is 0 Å². The summed E-state index contributed by atoms with van der Waals surface area (Å²) in [5.41, 5.74) is 1.29. The summed E-state index contributed by atoms with van der Waals surface area (Å²) in [6, 6.07) is 14.3. The summed E-state index contributed by atoms with van der Waals surface area (Å²) in [6.07, 6.45) is 2.53. The van der Waals surface area contributed by atoms with Crippen molar-refractivity contribution in [2.75, 3.05) is 38.1 Å². The first-order chi connectivity index (χ1) is 18.0. The first-order valence-electron chi connectivity index (χ1n) is 12.2. The molecule has 5 heterocycles. The first kappa shape index (κ1) is 23.5. The second-order valence-electron chi connectivity index (χ2n) is 9.23. The van der Waals surface area contributed by atoms with Crippen molar-refractivity contribution in [2.45, 2.75) is 13.0 Å². The topological polar surface area (TPSA) is 82.8 Å². The van der Waals surface area contributed by atoms with Gasteiger partial charge in [0.2, 0.25) is 5.43 Å². The number of carbonyl (C=O) groups is 1. The summed E-state index contributed by atoms with van der Waals surface area (Å²) in [4.78, 5) is 40.7. The summed E-state index contributed by atoms with van der Waals surface area (Å²) in [6.45, 7) is 3.22. The average Bonchev–Trinajstić information content (AvgIpc) is 3.15. The van der Waals surface area contributed by atoms with E-state index in [1.54, 1.807) is 18.3 Å². The van der Waals surface area contributed by atoms with Gasteiger partial charge in [-0.05, 0) is 50.3 Å². The van der Waals surface area contributed by atoms with Gasteiger partial charge in [0.1, 0.15) is 10.4 Å². The molecule has 1 saturated heterocycles. The minimum Gasteiger partial charge on any atom is -0.353 e. The Hall–Kier alpha value is -3.89. The normalized spacial score (nSPS) is 14.9. The Morgan fingerprint density at radius 3 is 2.78 bits per heavy atom. The zero-order valence-electron chi connectivity index (χ0n) is 20.3. The lowest BCUT2D eigenvalue weighted by molar-refractivity contribution is 0.0951. The van der Waals surface area contributed by atoms with E-state index in [0.717, 1.165) is 29.7 Å². The van der Waals surface area contributed by atoms with E-state index in [1.165, 1.54) is 17.4 Å². The van der Waals surface area contributed by atoms with E-state index in [-0.39, 0.29) is 23.3 Å². The lowest BCUT2D eigenvalue weighted by atomic mass is 10.1. The Kier molecular flexibility index (Phi) is 6.05. The predicted octanol–water partition coefficient (Wildman–Crippen LogP) is 3.67. The van der Waals surface area contributed by atoms with Gasteiger partial charge in [-0.15, -0.1) is 11.3 Å². The van der Waals surface area contributed by atoms with Gasteiger partial charge < -0.3 is 15.1 Å². The zero-order valence-corrected chi connectivity index (χ0v) is 21.1. The fraction of sp³-hybridized carbons (Fsp3) is 0.259. The quantitative estimate of drug-likeness (QED) is 0.393. The van der Waals surface area contributed by atoms with Crippen LogP contribution in [0.1, 0.15) is 22.5 Å². The molecule has 5 aromatic rings. The molecule has 1 fully saturated rings. The number of para-hydroxylation sites is 1. The molecule has 0 radical (unpaired) electrons. The average molecular weight is 517 g/mol. The van der Waals surface area contributed by atoms with Crippen LogP contribution < -0.4 is 15.6 Å². The molecule has 6 rings (SSSR count). The van der Waals surface area contributed by atoms with Crippen LogP contribution in [-0.4, -0.2) is 58.4 Å². The van der Waals surface area contributed by atoms with Crippen molar-refractivity contribution in [1.82, 2.24) is 24.6 Å². The molecule has 4 aromatic heterocycles. The zero-order chi connectivity index (χ0) is 25.5. The predicted molar refractivity (Wildman–Crippen MR) is 144 cm³/mol. The Labute approximate surface area is 216 Å². The molecule has 1 N–H and O–H groups in total. The van der Waals surface area contributed by atoms with Crippen molar-refractivity contribution in [1.29, 1.82) is 0 Å². The van der Waals surface area contributed by atoms with Crippen molar-refractivity contribution in [2.24, 2.45) is 0 Å². The van der Waals surface area contributed by atoms with Gasteiger partial charge in [-0.2, -0.15) is 0 Å². The molecule has 1 aliphatic heterocycles. The minimum absolute atomic E-state index is 0.0185. The Morgan fingerprint density at radius 2 is 1.95 bits per heavy atom. The standard InChI is InChI=1S/C27H25FN6O2S/c1-32-11-6-12-33(14-13-32)25-19(28)15-18-23(35)22(26(36)30-16-17-7-4-5-10-29-17)27-34(24(18)31-25)20-8-2-3-9-21(20)37-27/h2-5,7-10,15H,6,11-14,16H2,1H3,(H,30,36). The number of fused-ring (bicyclic) bond motifs is 5. The van der Waals surface area contributed by atoms with Crippen LogP contribution >= 0.6 is 11.3 Å². The number of hydrogen-bond acceptors (Lipinski definition) is 7. The van der Waals surface area contributed by atoms with Crippen LogP contribution in [0.15, 0.2) is 59.5 Å². The number of likely N-dealkylation sites (N-methyl/N-ethyl adjacent to an activating group) is 1. The molecule has 188 valence electrons. The lowest BCUT2D eigenvalue weighted by Gasteiger charge is -2.22. The van der Waals surface area contributed by atoms with E-state index in [2.05, 4.69) is 22.2 Å². The number of halogens is 1. The summed E-state index contributed by atoms with van der Waals surface area (Å²) in [5.74, 6) is -0.853. The van der Waals surface area contributed by atoms with Crippen LogP contribution in [-0.2, 0) is 6.54 Å². The van der Waals surface area contributed by atoms with E-state index in [9.17, 15) is 9.59 Å². The van der Waals surface area contributed by atoms with E-state index < -0.39 is 17.2 Å². The van der Waals surface area contributed by atoms with Gasteiger partial charge in [-0.25, -0.2) is 9.37 Å². The monoisotopic (exact) mass is 516 g/mol. The smallest absolute Gasteiger partial charge is 0.258 e. The maximum absolute atomic E-state index is 15.5. The molecular weight excluding hydrogens is 491 g/mol. The molecule has 0 unspecified atom stereocenters. The molecule has 0 aliphatic carbocycles. The Morgan fingerprint density at radius 1 is 1.11 bits per heavy atom. The van der Waals surface area contributed by atoms with Gasteiger partial charge in [-0.3, -0.25) is 19.0 Å². The number of benzene rings is 1. The fourth-order valence-corrected chi connectivity index (χ4v) is 6.02. The second kappa shape index (κ2) is 9.53. The third-order valence-corrected chi connectivity index (χ3v) is 7.90. The number of nitrogens with one attached hydrogen (secondary N) is 1. The lowest BCUT2D eigenvalue weighted by Crippen LogP contribution is -2.31. The molecule has 1 aromatic carbocycles. The van der Waals surface area contributed by atoms with Crippen molar-refractivity contribution in [3.63, 3.8) is 0 Å². The van der Waals surface area contributed by atoms with Crippen molar-refractivity contribution < 1.29 is 9.18 Å². The van der Waals surface area contributed by atoms with Crippen LogP contribution in [0.4, 0.5) is 10.2 Å². The van der Waals surface area contributed by atoms with E-state index in [1.807, 2.05) is 39.6 Å². The fourth-order valence-electron chi connectivity index (χ4n) is 4.84. The third-order valence-electron chi connectivity index (χ3n) is 6.75. The number of rotatable bonds is 4.